The fourth-order valence-electron chi connectivity index (χ4n) is 2.50. The van der Waals surface area contributed by atoms with Crippen molar-refractivity contribution in [1.82, 2.24) is 9.88 Å². The van der Waals surface area contributed by atoms with Crippen LogP contribution in [0.1, 0.15) is 30.1 Å². The van der Waals surface area contributed by atoms with E-state index >= 15 is 0 Å². The lowest BCUT2D eigenvalue weighted by Crippen LogP contribution is -2.43. The first kappa shape index (κ1) is 15.8. The maximum Gasteiger partial charge on any atom is 0.310 e. The fourth-order valence-corrected chi connectivity index (χ4v) is 3.04. The molecule has 0 bridgehead atoms. The van der Waals surface area contributed by atoms with Crippen LogP contribution in [0.15, 0.2) is 23.4 Å². The fraction of sp³-hybridized carbons (Fsp3) is 0.533. The average Bonchev–Trinajstić information content (AvgIpc) is 2.54. The Balaban J connectivity index is 2.10. The molecule has 2 heterocycles. The summed E-state index contributed by atoms with van der Waals surface area (Å²) in [7, 11) is 0. The molecule has 0 aromatic carbocycles. The van der Waals surface area contributed by atoms with E-state index in [1.165, 1.54) is 11.8 Å². The molecule has 0 aliphatic carbocycles. The molecule has 1 aromatic rings. The largest absolute Gasteiger partial charge is 0.466 e. The summed E-state index contributed by atoms with van der Waals surface area (Å²) in [5.74, 6) is -0.468. The van der Waals surface area contributed by atoms with E-state index in [2.05, 4.69) is 4.98 Å². The van der Waals surface area contributed by atoms with Crippen molar-refractivity contribution in [1.29, 1.82) is 0 Å². The standard InChI is InChI=1S/C15H20N2O3S/c1-3-20-15(19)11-6-5-9-17(10-11)14(18)12-7-4-8-16-13(12)21-2/h4,7-8,11H,3,5-6,9-10H2,1-2H3/t11-/m1/s1. The first-order valence-electron chi connectivity index (χ1n) is 7.12. The van der Waals surface area contributed by atoms with Gasteiger partial charge >= 0.3 is 5.97 Å². The van der Waals surface area contributed by atoms with Gasteiger partial charge < -0.3 is 9.64 Å². The Morgan fingerprint density at radius 2 is 2.33 bits per heavy atom. The Kier molecular flexibility index (Phi) is 5.61. The van der Waals surface area contributed by atoms with Gasteiger partial charge in [0.25, 0.3) is 5.91 Å². The summed E-state index contributed by atoms with van der Waals surface area (Å²) < 4.78 is 5.07. The van der Waals surface area contributed by atoms with Crippen molar-refractivity contribution >= 4 is 23.6 Å². The lowest BCUT2D eigenvalue weighted by atomic mass is 9.97. The molecule has 0 radical (unpaired) electrons. The van der Waals surface area contributed by atoms with Gasteiger partial charge in [-0.25, -0.2) is 4.98 Å². The van der Waals surface area contributed by atoms with Gasteiger partial charge in [-0.3, -0.25) is 9.59 Å². The number of hydrogen-bond acceptors (Lipinski definition) is 5. The number of amides is 1. The molecule has 2 rings (SSSR count). The second-order valence-corrected chi connectivity index (χ2v) is 5.70. The van der Waals surface area contributed by atoms with Gasteiger partial charge in [-0.05, 0) is 38.2 Å². The zero-order chi connectivity index (χ0) is 15.2. The van der Waals surface area contributed by atoms with E-state index in [0.29, 0.717) is 25.3 Å². The first-order valence-corrected chi connectivity index (χ1v) is 8.34. The van der Waals surface area contributed by atoms with Crippen LogP contribution in [0.4, 0.5) is 0 Å². The predicted molar refractivity (Wildman–Crippen MR) is 81.3 cm³/mol. The average molecular weight is 308 g/mol. The maximum atomic E-state index is 12.6. The van der Waals surface area contributed by atoms with E-state index < -0.39 is 0 Å². The molecule has 1 aliphatic rings. The lowest BCUT2D eigenvalue weighted by Gasteiger charge is -2.31. The summed E-state index contributed by atoms with van der Waals surface area (Å²) in [4.78, 5) is 30.4. The monoisotopic (exact) mass is 308 g/mol. The Hall–Kier alpha value is -1.56. The molecule has 114 valence electrons. The second kappa shape index (κ2) is 7.45. The van der Waals surface area contributed by atoms with Crippen LogP contribution in [0.25, 0.3) is 0 Å². The van der Waals surface area contributed by atoms with Crippen LogP contribution < -0.4 is 0 Å². The molecule has 0 unspecified atom stereocenters. The molecule has 0 spiro atoms. The number of hydrogen-bond donors (Lipinski definition) is 0. The van der Waals surface area contributed by atoms with Crippen LogP contribution >= 0.6 is 11.8 Å². The number of ether oxygens (including phenoxy) is 1. The minimum Gasteiger partial charge on any atom is -0.466 e. The summed E-state index contributed by atoms with van der Waals surface area (Å²) in [5, 5.41) is 0.723. The van der Waals surface area contributed by atoms with Crippen molar-refractivity contribution in [2.45, 2.75) is 24.8 Å². The van der Waals surface area contributed by atoms with Crippen molar-refractivity contribution < 1.29 is 14.3 Å². The van der Waals surface area contributed by atoms with E-state index in [-0.39, 0.29) is 17.8 Å². The highest BCUT2D eigenvalue weighted by atomic mass is 32.2. The third-order valence-corrected chi connectivity index (χ3v) is 4.24. The van der Waals surface area contributed by atoms with Crippen LogP contribution in [-0.2, 0) is 9.53 Å². The van der Waals surface area contributed by atoms with E-state index in [1.807, 2.05) is 6.26 Å². The summed E-state index contributed by atoms with van der Waals surface area (Å²) in [6.07, 6.45) is 5.19. The minimum atomic E-state index is -0.211. The van der Waals surface area contributed by atoms with E-state index in [4.69, 9.17) is 4.74 Å². The predicted octanol–water partition coefficient (Wildman–Crippen LogP) is 2.22. The highest BCUT2D eigenvalue weighted by molar-refractivity contribution is 7.98. The number of carbonyl (C=O) groups is 2. The highest BCUT2D eigenvalue weighted by Gasteiger charge is 2.30. The zero-order valence-corrected chi connectivity index (χ0v) is 13.2. The molecule has 1 aromatic heterocycles. The molecule has 1 fully saturated rings. The van der Waals surface area contributed by atoms with Crippen LogP contribution in [-0.4, -0.2) is 47.7 Å². The summed E-state index contributed by atoms with van der Waals surface area (Å²) >= 11 is 1.45. The van der Waals surface area contributed by atoms with Gasteiger partial charge in [0.1, 0.15) is 5.03 Å². The summed E-state index contributed by atoms with van der Waals surface area (Å²) in [5.41, 5.74) is 0.606. The van der Waals surface area contributed by atoms with Crippen LogP contribution in [0.2, 0.25) is 0 Å². The Morgan fingerprint density at radius 3 is 3.05 bits per heavy atom. The lowest BCUT2D eigenvalue weighted by molar-refractivity contribution is -0.149. The topological polar surface area (TPSA) is 59.5 Å². The van der Waals surface area contributed by atoms with Crippen molar-refractivity contribution in [2.75, 3.05) is 26.0 Å². The molecule has 21 heavy (non-hydrogen) atoms. The van der Waals surface area contributed by atoms with Gasteiger partial charge in [0.2, 0.25) is 0 Å². The Morgan fingerprint density at radius 1 is 1.52 bits per heavy atom. The second-order valence-electron chi connectivity index (χ2n) is 4.90. The number of carbonyl (C=O) groups excluding carboxylic acids is 2. The van der Waals surface area contributed by atoms with E-state index in [1.54, 1.807) is 30.2 Å². The van der Waals surface area contributed by atoms with Gasteiger partial charge in [0, 0.05) is 19.3 Å². The number of nitrogens with zero attached hydrogens (tertiary/aromatic N) is 2. The van der Waals surface area contributed by atoms with Crippen LogP contribution in [0, 0.1) is 5.92 Å². The first-order chi connectivity index (χ1) is 10.2. The molecule has 1 amide bonds. The van der Waals surface area contributed by atoms with E-state index in [0.717, 1.165) is 17.9 Å². The van der Waals surface area contributed by atoms with Crippen LogP contribution in [0.5, 0.6) is 0 Å². The number of likely N-dealkylation sites (tertiary alicyclic amines) is 1. The van der Waals surface area contributed by atoms with Gasteiger partial charge in [-0.15, -0.1) is 11.8 Å². The van der Waals surface area contributed by atoms with Crippen molar-refractivity contribution in [3.8, 4) is 0 Å². The van der Waals surface area contributed by atoms with Gasteiger partial charge in [-0.2, -0.15) is 0 Å². The third kappa shape index (κ3) is 3.75. The zero-order valence-electron chi connectivity index (χ0n) is 12.4. The molecule has 6 heteroatoms. The minimum absolute atomic E-state index is 0.0542. The number of rotatable bonds is 4. The molecule has 1 saturated heterocycles. The van der Waals surface area contributed by atoms with Crippen LogP contribution in [0.3, 0.4) is 0 Å². The molecule has 1 atom stereocenters. The maximum absolute atomic E-state index is 12.6. The summed E-state index contributed by atoms with van der Waals surface area (Å²) in [6, 6.07) is 3.55. The Bertz CT molecular complexity index is 521. The molecular formula is C15H20N2O3S. The molecule has 1 aliphatic heterocycles. The highest BCUT2D eigenvalue weighted by Crippen LogP contribution is 2.23. The van der Waals surface area contributed by atoms with Crippen molar-refractivity contribution in [3.05, 3.63) is 23.9 Å². The quantitative estimate of drug-likeness (QED) is 0.630. The van der Waals surface area contributed by atoms with Gasteiger partial charge in [0.15, 0.2) is 0 Å². The molecule has 0 saturated carbocycles. The number of aromatic nitrogens is 1. The number of thioether (sulfide) groups is 1. The SMILES string of the molecule is CCOC(=O)[C@@H]1CCCN(C(=O)c2cccnc2SC)C1. The smallest absolute Gasteiger partial charge is 0.310 e. The Labute approximate surface area is 129 Å². The number of pyridine rings is 1. The van der Waals surface area contributed by atoms with Gasteiger partial charge in [-0.1, -0.05) is 0 Å². The normalized spacial score (nSPS) is 18.4. The number of esters is 1. The molecular weight excluding hydrogens is 288 g/mol. The van der Waals surface area contributed by atoms with Crippen molar-refractivity contribution in [2.24, 2.45) is 5.92 Å². The summed E-state index contributed by atoms with van der Waals surface area (Å²) in [6.45, 7) is 3.28. The molecule has 0 N–H and O–H groups in total. The number of piperidine rings is 1. The van der Waals surface area contributed by atoms with Gasteiger partial charge in [0.05, 0.1) is 18.1 Å². The van der Waals surface area contributed by atoms with Crippen molar-refractivity contribution in [3.63, 3.8) is 0 Å². The third-order valence-electron chi connectivity index (χ3n) is 3.52. The van der Waals surface area contributed by atoms with E-state index in [9.17, 15) is 9.59 Å². The molecule has 5 nitrogen and oxygen atoms in total.